The zero-order chi connectivity index (χ0) is 17.1. The lowest BCUT2D eigenvalue weighted by Gasteiger charge is -2.30. The van der Waals surface area contributed by atoms with E-state index in [-0.39, 0.29) is 11.9 Å². The van der Waals surface area contributed by atoms with Gasteiger partial charge in [0.15, 0.2) is 0 Å². The van der Waals surface area contributed by atoms with Crippen LogP contribution in [-0.2, 0) is 6.54 Å². The van der Waals surface area contributed by atoms with Crippen molar-refractivity contribution in [1.82, 2.24) is 4.90 Å². The normalized spacial score (nSPS) is 15.0. The van der Waals surface area contributed by atoms with Crippen LogP contribution in [-0.4, -0.2) is 24.0 Å². The summed E-state index contributed by atoms with van der Waals surface area (Å²) in [6.45, 7) is 2.71. The Balaban J connectivity index is 1.85. The second-order valence-electron chi connectivity index (χ2n) is 6.34. The summed E-state index contributed by atoms with van der Waals surface area (Å²) in [6.07, 6.45) is 2.38. The lowest BCUT2D eigenvalue weighted by atomic mass is 10.1. The zero-order valence-electron chi connectivity index (χ0n) is 14.0. The molecule has 2 aromatic carbocycles. The third-order valence-electron chi connectivity index (χ3n) is 4.67. The average Bonchev–Trinajstić information content (AvgIpc) is 3.44. The summed E-state index contributed by atoms with van der Waals surface area (Å²) in [5.74, 6) is 1.41. The molecule has 1 atom stereocenters. The molecule has 0 radical (unpaired) electrons. The predicted molar refractivity (Wildman–Crippen MR) is 96.5 cm³/mol. The molecule has 0 heterocycles. The minimum Gasteiger partial charge on any atom is -0.497 e. The summed E-state index contributed by atoms with van der Waals surface area (Å²) in [5.41, 5.74) is 1.66. The summed E-state index contributed by atoms with van der Waals surface area (Å²) < 4.78 is 5.20. The quantitative estimate of drug-likeness (QED) is 0.754. The lowest BCUT2D eigenvalue weighted by molar-refractivity contribution is 0.0654. The number of carbonyl (C=O) groups excluding carboxylic acids is 1. The molecule has 0 aromatic heterocycles. The van der Waals surface area contributed by atoms with Crippen molar-refractivity contribution in [2.45, 2.75) is 32.4 Å². The highest BCUT2D eigenvalue weighted by atomic mass is 35.5. The molecule has 3 nitrogen and oxygen atoms in total. The minimum absolute atomic E-state index is 0.00387. The van der Waals surface area contributed by atoms with Crippen LogP contribution < -0.4 is 4.74 Å². The fourth-order valence-electron chi connectivity index (χ4n) is 2.95. The van der Waals surface area contributed by atoms with Crippen molar-refractivity contribution >= 4 is 17.5 Å². The van der Waals surface area contributed by atoms with Crippen LogP contribution in [0.15, 0.2) is 48.5 Å². The number of methoxy groups -OCH3 is 1. The minimum atomic E-state index is -0.00387. The van der Waals surface area contributed by atoms with Crippen LogP contribution in [0.25, 0.3) is 0 Å². The first kappa shape index (κ1) is 16.8. The highest BCUT2D eigenvalue weighted by Gasteiger charge is 2.35. The molecule has 0 spiro atoms. The monoisotopic (exact) mass is 343 g/mol. The van der Waals surface area contributed by atoms with Crippen molar-refractivity contribution < 1.29 is 9.53 Å². The van der Waals surface area contributed by atoms with Gasteiger partial charge in [0.25, 0.3) is 5.91 Å². The van der Waals surface area contributed by atoms with E-state index in [9.17, 15) is 4.79 Å². The SMILES string of the molecule is COc1ccc(CN(C(=O)c2ccccc2Cl)[C@H](C)C2CC2)cc1. The molecule has 1 saturated carbocycles. The average molecular weight is 344 g/mol. The van der Waals surface area contributed by atoms with Crippen LogP contribution in [0.3, 0.4) is 0 Å². The molecule has 0 saturated heterocycles. The number of carbonyl (C=O) groups is 1. The Morgan fingerprint density at radius 2 is 1.88 bits per heavy atom. The summed E-state index contributed by atoms with van der Waals surface area (Å²) in [7, 11) is 1.65. The van der Waals surface area contributed by atoms with Crippen LogP contribution in [0.1, 0.15) is 35.7 Å². The first-order valence-electron chi connectivity index (χ1n) is 8.28. The Morgan fingerprint density at radius 1 is 1.21 bits per heavy atom. The molecular weight excluding hydrogens is 322 g/mol. The van der Waals surface area contributed by atoms with E-state index < -0.39 is 0 Å². The molecule has 0 N–H and O–H groups in total. The molecule has 0 bridgehead atoms. The predicted octanol–water partition coefficient (Wildman–Crippen LogP) is 4.79. The number of halogens is 1. The fraction of sp³-hybridized carbons (Fsp3) is 0.350. The van der Waals surface area contributed by atoms with E-state index in [2.05, 4.69) is 6.92 Å². The van der Waals surface area contributed by atoms with E-state index in [1.54, 1.807) is 19.2 Å². The lowest BCUT2D eigenvalue weighted by Crippen LogP contribution is -2.39. The molecule has 1 aliphatic rings. The number of nitrogens with zero attached hydrogens (tertiary/aromatic N) is 1. The third-order valence-corrected chi connectivity index (χ3v) is 5.00. The zero-order valence-corrected chi connectivity index (χ0v) is 14.8. The molecule has 24 heavy (non-hydrogen) atoms. The second kappa shape index (κ2) is 7.27. The number of rotatable bonds is 6. The summed E-state index contributed by atoms with van der Waals surface area (Å²) >= 11 is 6.24. The molecule has 0 aliphatic heterocycles. The van der Waals surface area contributed by atoms with Gasteiger partial charge < -0.3 is 9.64 Å². The Bertz CT molecular complexity index is 710. The van der Waals surface area contributed by atoms with Crippen molar-refractivity contribution in [2.24, 2.45) is 5.92 Å². The summed E-state index contributed by atoms with van der Waals surface area (Å²) in [4.78, 5) is 15.0. The van der Waals surface area contributed by atoms with Gasteiger partial charge in [-0.1, -0.05) is 35.9 Å². The van der Waals surface area contributed by atoms with E-state index in [4.69, 9.17) is 16.3 Å². The van der Waals surface area contributed by atoms with Gasteiger partial charge in [0.2, 0.25) is 0 Å². The van der Waals surface area contributed by atoms with Crippen LogP contribution in [0, 0.1) is 5.92 Å². The molecule has 0 unspecified atom stereocenters. The Kier molecular flexibility index (Phi) is 5.10. The molecule has 1 aliphatic carbocycles. The largest absolute Gasteiger partial charge is 0.497 e. The van der Waals surface area contributed by atoms with Crippen LogP contribution in [0.4, 0.5) is 0 Å². The molecule has 4 heteroatoms. The summed E-state index contributed by atoms with van der Waals surface area (Å²) in [6, 6.07) is 15.3. The standard InChI is InChI=1S/C20H22ClNO2/c1-14(16-9-10-16)22(13-15-7-11-17(24-2)12-8-15)20(23)18-5-3-4-6-19(18)21/h3-8,11-12,14,16H,9-10,13H2,1-2H3/t14-/m1/s1. The molecule has 2 aromatic rings. The van der Waals surface area contributed by atoms with Gasteiger partial charge in [-0.2, -0.15) is 0 Å². The maximum atomic E-state index is 13.1. The Morgan fingerprint density at radius 3 is 2.46 bits per heavy atom. The van der Waals surface area contributed by atoms with Gasteiger partial charge >= 0.3 is 0 Å². The molecule has 126 valence electrons. The highest BCUT2D eigenvalue weighted by Crippen LogP contribution is 2.36. The number of amides is 1. The van der Waals surface area contributed by atoms with Gasteiger partial charge in [-0.15, -0.1) is 0 Å². The molecule has 3 rings (SSSR count). The molecular formula is C20H22ClNO2. The van der Waals surface area contributed by atoms with Crippen LogP contribution >= 0.6 is 11.6 Å². The molecule has 1 fully saturated rings. The number of benzene rings is 2. The number of ether oxygens (including phenoxy) is 1. The van der Waals surface area contributed by atoms with Crippen molar-refractivity contribution in [3.63, 3.8) is 0 Å². The van der Waals surface area contributed by atoms with Gasteiger partial charge in [0.1, 0.15) is 5.75 Å². The van der Waals surface area contributed by atoms with Gasteiger partial charge in [0.05, 0.1) is 17.7 Å². The smallest absolute Gasteiger partial charge is 0.255 e. The van der Waals surface area contributed by atoms with Gasteiger partial charge in [0, 0.05) is 12.6 Å². The van der Waals surface area contributed by atoms with E-state index in [0.717, 1.165) is 11.3 Å². The number of hydrogen-bond donors (Lipinski definition) is 0. The Hall–Kier alpha value is -2.00. The van der Waals surface area contributed by atoms with Crippen molar-refractivity contribution in [3.05, 3.63) is 64.7 Å². The highest BCUT2D eigenvalue weighted by molar-refractivity contribution is 6.33. The molecule has 1 amide bonds. The van der Waals surface area contributed by atoms with Gasteiger partial charge in [-0.05, 0) is 55.5 Å². The Labute approximate surface area is 148 Å². The fourth-order valence-corrected chi connectivity index (χ4v) is 3.17. The summed E-state index contributed by atoms with van der Waals surface area (Å²) in [5, 5.41) is 0.505. The van der Waals surface area contributed by atoms with E-state index in [1.807, 2.05) is 41.3 Å². The topological polar surface area (TPSA) is 29.5 Å². The second-order valence-corrected chi connectivity index (χ2v) is 6.75. The van der Waals surface area contributed by atoms with Crippen LogP contribution in [0.2, 0.25) is 5.02 Å². The van der Waals surface area contributed by atoms with Crippen molar-refractivity contribution in [1.29, 1.82) is 0 Å². The van der Waals surface area contributed by atoms with E-state index in [0.29, 0.717) is 23.0 Å². The van der Waals surface area contributed by atoms with Crippen molar-refractivity contribution in [3.8, 4) is 5.75 Å². The maximum Gasteiger partial charge on any atom is 0.255 e. The first-order valence-corrected chi connectivity index (χ1v) is 8.66. The maximum absolute atomic E-state index is 13.1. The van der Waals surface area contributed by atoms with E-state index >= 15 is 0 Å². The van der Waals surface area contributed by atoms with E-state index in [1.165, 1.54) is 12.8 Å². The first-order chi connectivity index (χ1) is 11.6. The third kappa shape index (κ3) is 3.73. The number of hydrogen-bond acceptors (Lipinski definition) is 2. The van der Waals surface area contributed by atoms with Gasteiger partial charge in [-0.3, -0.25) is 4.79 Å². The van der Waals surface area contributed by atoms with Crippen molar-refractivity contribution in [2.75, 3.05) is 7.11 Å². The van der Waals surface area contributed by atoms with Crippen LogP contribution in [0.5, 0.6) is 5.75 Å². The van der Waals surface area contributed by atoms with Gasteiger partial charge in [-0.25, -0.2) is 0 Å².